The van der Waals surface area contributed by atoms with Crippen molar-refractivity contribution in [2.24, 2.45) is 5.92 Å². The molecule has 0 spiro atoms. The lowest BCUT2D eigenvalue weighted by molar-refractivity contribution is -0.0651. The summed E-state index contributed by atoms with van der Waals surface area (Å²) in [7, 11) is 0. The molecule has 1 atom stereocenters. The van der Waals surface area contributed by atoms with Crippen molar-refractivity contribution >= 4 is 0 Å². The molecule has 0 saturated heterocycles. The van der Waals surface area contributed by atoms with Crippen LogP contribution in [0.1, 0.15) is 41.5 Å². The fourth-order valence-corrected chi connectivity index (χ4v) is 1.55. The fraction of sp³-hybridized carbons (Fsp3) is 1.00. The Morgan fingerprint density at radius 3 is 1.25 bits per heavy atom. The fourth-order valence-electron chi connectivity index (χ4n) is 1.55. The van der Waals surface area contributed by atoms with Crippen LogP contribution in [-0.4, -0.2) is 28.3 Å². The standard InChI is InChI=1S/C10H23NO/c1-7(2)10(12)11(8(3)4)9(5)6/h7-10,12H,1-6H3. The van der Waals surface area contributed by atoms with Gasteiger partial charge in [-0.1, -0.05) is 13.8 Å². The second kappa shape index (κ2) is 4.83. The van der Waals surface area contributed by atoms with Crippen LogP contribution in [0.2, 0.25) is 0 Å². The second-order valence-corrected chi connectivity index (χ2v) is 4.29. The molecule has 0 bridgehead atoms. The summed E-state index contributed by atoms with van der Waals surface area (Å²) in [4.78, 5) is 2.13. The minimum absolute atomic E-state index is 0.301. The molecule has 2 heteroatoms. The molecule has 12 heavy (non-hydrogen) atoms. The van der Waals surface area contributed by atoms with E-state index in [0.717, 1.165) is 0 Å². The summed E-state index contributed by atoms with van der Waals surface area (Å²) < 4.78 is 0. The molecule has 0 amide bonds. The zero-order valence-electron chi connectivity index (χ0n) is 9.20. The molecule has 0 fully saturated rings. The quantitative estimate of drug-likeness (QED) is 0.658. The third-order valence-electron chi connectivity index (χ3n) is 2.09. The molecule has 2 nitrogen and oxygen atoms in total. The Morgan fingerprint density at radius 2 is 1.17 bits per heavy atom. The van der Waals surface area contributed by atoms with Gasteiger partial charge in [-0.05, 0) is 33.6 Å². The maximum absolute atomic E-state index is 9.85. The van der Waals surface area contributed by atoms with Crippen molar-refractivity contribution in [3.05, 3.63) is 0 Å². The van der Waals surface area contributed by atoms with Gasteiger partial charge < -0.3 is 5.11 Å². The Balaban J connectivity index is 4.30. The molecule has 0 saturated carbocycles. The minimum Gasteiger partial charge on any atom is -0.378 e. The van der Waals surface area contributed by atoms with Gasteiger partial charge in [-0.3, -0.25) is 4.90 Å². The average molecular weight is 173 g/mol. The highest BCUT2D eigenvalue weighted by Gasteiger charge is 2.23. The monoisotopic (exact) mass is 173 g/mol. The van der Waals surface area contributed by atoms with Crippen LogP contribution >= 0.6 is 0 Å². The first-order valence-corrected chi connectivity index (χ1v) is 4.83. The number of hydrogen-bond acceptors (Lipinski definition) is 2. The molecular weight excluding hydrogens is 150 g/mol. The minimum atomic E-state index is -0.315. The maximum atomic E-state index is 9.85. The third-order valence-corrected chi connectivity index (χ3v) is 2.09. The smallest absolute Gasteiger partial charge is 0.110 e. The molecule has 0 aromatic heterocycles. The van der Waals surface area contributed by atoms with E-state index < -0.39 is 0 Å². The molecular formula is C10H23NO. The van der Waals surface area contributed by atoms with Crippen LogP contribution in [0.3, 0.4) is 0 Å². The Morgan fingerprint density at radius 1 is 0.833 bits per heavy atom. The van der Waals surface area contributed by atoms with E-state index in [9.17, 15) is 5.11 Å². The SMILES string of the molecule is CC(C)C(O)N(C(C)C)C(C)C. The van der Waals surface area contributed by atoms with Gasteiger partial charge in [0.05, 0.1) is 0 Å². The maximum Gasteiger partial charge on any atom is 0.110 e. The van der Waals surface area contributed by atoms with E-state index in [0.29, 0.717) is 18.0 Å². The zero-order valence-corrected chi connectivity index (χ0v) is 9.20. The van der Waals surface area contributed by atoms with Crippen molar-refractivity contribution in [2.75, 3.05) is 0 Å². The van der Waals surface area contributed by atoms with Crippen molar-refractivity contribution in [3.63, 3.8) is 0 Å². The summed E-state index contributed by atoms with van der Waals surface area (Å²) in [5.41, 5.74) is 0. The van der Waals surface area contributed by atoms with Gasteiger partial charge in [-0.2, -0.15) is 0 Å². The Bertz CT molecular complexity index is 113. The lowest BCUT2D eigenvalue weighted by atomic mass is 10.1. The summed E-state index contributed by atoms with van der Waals surface area (Å²) in [6, 6.07) is 0.810. The van der Waals surface area contributed by atoms with Crippen molar-refractivity contribution in [1.29, 1.82) is 0 Å². The van der Waals surface area contributed by atoms with E-state index in [4.69, 9.17) is 0 Å². The van der Waals surface area contributed by atoms with Gasteiger partial charge >= 0.3 is 0 Å². The predicted octanol–water partition coefficient (Wildman–Crippen LogP) is 2.08. The van der Waals surface area contributed by atoms with Crippen LogP contribution in [0.25, 0.3) is 0 Å². The number of hydrogen-bond donors (Lipinski definition) is 1. The van der Waals surface area contributed by atoms with Crippen molar-refractivity contribution < 1.29 is 5.11 Å². The number of rotatable bonds is 4. The molecule has 1 N–H and O–H groups in total. The molecule has 0 aliphatic heterocycles. The van der Waals surface area contributed by atoms with Gasteiger partial charge in [0.1, 0.15) is 6.23 Å². The summed E-state index contributed by atoms with van der Waals surface area (Å²) in [5, 5.41) is 9.85. The molecule has 74 valence electrons. The molecule has 0 radical (unpaired) electrons. The average Bonchev–Trinajstić information content (AvgIpc) is 1.85. The van der Waals surface area contributed by atoms with E-state index >= 15 is 0 Å². The van der Waals surface area contributed by atoms with Gasteiger partial charge in [0, 0.05) is 12.1 Å². The van der Waals surface area contributed by atoms with Gasteiger partial charge in [0.2, 0.25) is 0 Å². The molecule has 0 aromatic rings. The van der Waals surface area contributed by atoms with Crippen molar-refractivity contribution in [1.82, 2.24) is 4.90 Å². The second-order valence-electron chi connectivity index (χ2n) is 4.29. The van der Waals surface area contributed by atoms with E-state index in [1.807, 2.05) is 13.8 Å². The summed E-state index contributed by atoms with van der Waals surface area (Å²) >= 11 is 0. The van der Waals surface area contributed by atoms with Crippen molar-refractivity contribution in [2.45, 2.75) is 59.9 Å². The van der Waals surface area contributed by atoms with E-state index in [1.54, 1.807) is 0 Å². The van der Waals surface area contributed by atoms with Gasteiger partial charge in [-0.15, -0.1) is 0 Å². The van der Waals surface area contributed by atoms with Crippen LogP contribution in [0, 0.1) is 5.92 Å². The van der Waals surface area contributed by atoms with Crippen LogP contribution in [0.4, 0.5) is 0 Å². The topological polar surface area (TPSA) is 23.5 Å². The van der Waals surface area contributed by atoms with Gasteiger partial charge in [0.15, 0.2) is 0 Å². The van der Waals surface area contributed by atoms with Crippen LogP contribution in [-0.2, 0) is 0 Å². The Hall–Kier alpha value is -0.0800. The molecule has 0 aromatic carbocycles. The molecule has 1 unspecified atom stereocenters. The number of aliphatic hydroxyl groups is 1. The third kappa shape index (κ3) is 3.11. The summed E-state index contributed by atoms with van der Waals surface area (Å²) in [6.45, 7) is 12.6. The van der Waals surface area contributed by atoms with Crippen LogP contribution in [0.5, 0.6) is 0 Å². The summed E-state index contributed by atoms with van der Waals surface area (Å²) in [6.07, 6.45) is -0.315. The molecule has 0 aliphatic rings. The lowest BCUT2D eigenvalue weighted by Crippen LogP contribution is -2.47. The Labute approximate surface area is 76.6 Å². The first kappa shape index (κ1) is 11.9. The molecule has 0 rings (SSSR count). The van der Waals surface area contributed by atoms with Crippen LogP contribution in [0.15, 0.2) is 0 Å². The van der Waals surface area contributed by atoms with Gasteiger partial charge in [0.25, 0.3) is 0 Å². The first-order chi connectivity index (χ1) is 5.37. The number of aliphatic hydroxyl groups excluding tert-OH is 1. The highest BCUT2D eigenvalue weighted by atomic mass is 16.3. The lowest BCUT2D eigenvalue weighted by Gasteiger charge is -2.36. The zero-order chi connectivity index (χ0) is 9.89. The Kier molecular flexibility index (Phi) is 4.80. The van der Waals surface area contributed by atoms with E-state index in [2.05, 4.69) is 32.6 Å². The van der Waals surface area contributed by atoms with E-state index in [1.165, 1.54) is 0 Å². The highest BCUT2D eigenvalue weighted by molar-refractivity contribution is 4.72. The highest BCUT2D eigenvalue weighted by Crippen LogP contribution is 2.14. The largest absolute Gasteiger partial charge is 0.378 e. The van der Waals surface area contributed by atoms with Gasteiger partial charge in [-0.25, -0.2) is 0 Å². The van der Waals surface area contributed by atoms with Crippen molar-refractivity contribution in [3.8, 4) is 0 Å². The number of nitrogens with zero attached hydrogens (tertiary/aromatic N) is 1. The first-order valence-electron chi connectivity index (χ1n) is 4.83. The molecule has 0 heterocycles. The van der Waals surface area contributed by atoms with Crippen LogP contribution < -0.4 is 0 Å². The normalized spacial score (nSPS) is 15.2. The molecule has 0 aliphatic carbocycles. The van der Waals surface area contributed by atoms with E-state index in [-0.39, 0.29) is 6.23 Å². The predicted molar refractivity (Wildman–Crippen MR) is 53.0 cm³/mol. The summed E-state index contributed by atoms with van der Waals surface area (Å²) in [5.74, 6) is 0.301.